The standard InChI is InChI=1S/C26H21F4N7O3S/c1-35-23(14-32-34-35)41(39,40)36-9-7-17-11-22-16(13-33-37(22)20-4-2-19(27)3-5-20)12-25(17,15-36)24(38)21-10-18(6-8-31-21)26(28,29)30/h2-6,8,10-11,13-14H,7,9,12,15H2,1H3/t25-/m0/s1. The monoisotopic (exact) mass is 587 g/mol. The normalized spacial score (nSPS) is 19.4. The number of Topliss-reactive ketones (excluding diaryl/α,β-unsaturated/α-hetero) is 1. The Morgan fingerprint density at radius 2 is 1.85 bits per heavy atom. The van der Waals surface area contributed by atoms with Gasteiger partial charge in [0.2, 0.25) is 0 Å². The Kier molecular flexibility index (Phi) is 6.19. The number of nitrogens with zero attached hydrogens (tertiary/aromatic N) is 7. The molecular weight excluding hydrogens is 566 g/mol. The highest BCUT2D eigenvalue weighted by Gasteiger charge is 2.52. The third-order valence-electron chi connectivity index (χ3n) is 7.48. The first kappa shape index (κ1) is 27.0. The number of fused-ring (bicyclic) bond motifs is 2. The number of halogens is 4. The molecule has 0 spiro atoms. The third-order valence-corrected chi connectivity index (χ3v) is 9.37. The van der Waals surface area contributed by atoms with Crippen LogP contribution < -0.4 is 0 Å². The van der Waals surface area contributed by atoms with E-state index in [2.05, 4.69) is 20.4 Å². The molecule has 4 aromatic rings. The number of pyridine rings is 1. The van der Waals surface area contributed by atoms with Crippen molar-refractivity contribution in [2.24, 2.45) is 12.5 Å². The number of aryl methyl sites for hydroxylation is 1. The molecular formula is C26H21F4N7O3S. The fraction of sp³-hybridized carbons (Fsp3) is 0.269. The number of aromatic nitrogens is 6. The molecule has 4 heterocycles. The van der Waals surface area contributed by atoms with Crippen molar-refractivity contribution in [2.75, 3.05) is 13.1 Å². The molecule has 0 amide bonds. The van der Waals surface area contributed by atoms with Crippen molar-refractivity contribution in [2.45, 2.75) is 24.0 Å². The molecule has 1 fully saturated rings. The van der Waals surface area contributed by atoms with Gasteiger partial charge in [0.05, 0.1) is 34.8 Å². The minimum atomic E-state index is -4.71. The highest BCUT2D eigenvalue weighted by molar-refractivity contribution is 7.89. The SMILES string of the molecule is Cn1nncc1S(=O)(=O)N1CCC2=Cc3c(cnn3-c3ccc(F)cc3)C[C@]2(C(=O)c2cc(C(F)(F)F)ccn2)C1. The molecule has 1 aliphatic carbocycles. The van der Waals surface area contributed by atoms with Gasteiger partial charge in [-0.2, -0.15) is 22.6 Å². The predicted octanol–water partition coefficient (Wildman–Crippen LogP) is 3.46. The van der Waals surface area contributed by atoms with Crippen molar-refractivity contribution in [1.29, 1.82) is 0 Å². The van der Waals surface area contributed by atoms with Crippen LogP contribution in [0.2, 0.25) is 0 Å². The summed E-state index contributed by atoms with van der Waals surface area (Å²) < 4.78 is 85.0. The molecule has 3 aromatic heterocycles. The summed E-state index contributed by atoms with van der Waals surface area (Å²) in [5.41, 5.74) is -0.752. The first-order valence-electron chi connectivity index (χ1n) is 12.4. The molecule has 6 rings (SSSR count). The lowest BCUT2D eigenvalue weighted by atomic mass is 9.65. The van der Waals surface area contributed by atoms with Crippen LogP contribution >= 0.6 is 0 Å². The van der Waals surface area contributed by atoms with Crippen LogP contribution in [-0.2, 0) is 29.7 Å². The maximum Gasteiger partial charge on any atom is 0.416 e. The lowest BCUT2D eigenvalue weighted by molar-refractivity contribution is -0.137. The predicted molar refractivity (Wildman–Crippen MR) is 136 cm³/mol. The van der Waals surface area contributed by atoms with Crippen LogP contribution in [0.4, 0.5) is 17.6 Å². The van der Waals surface area contributed by atoms with Crippen molar-refractivity contribution in [1.82, 2.24) is 34.1 Å². The molecule has 15 heteroatoms. The minimum absolute atomic E-state index is 0.00438. The summed E-state index contributed by atoms with van der Waals surface area (Å²) >= 11 is 0. The summed E-state index contributed by atoms with van der Waals surface area (Å²) in [6.45, 7) is -0.339. The van der Waals surface area contributed by atoms with Crippen LogP contribution in [0.15, 0.2) is 65.6 Å². The number of hydrogen-bond donors (Lipinski definition) is 0. The summed E-state index contributed by atoms with van der Waals surface area (Å²) in [6, 6.07) is 7.09. The molecule has 1 saturated heterocycles. The second-order valence-corrected chi connectivity index (χ2v) is 11.8. The second kappa shape index (κ2) is 9.41. The molecule has 0 N–H and O–H groups in total. The van der Waals surface area contributed by atoms with E-state index in [-0.39, 0.29) is 31.0 Å². The zero-order valence-corrected chi connectivity index (χ0v) is 22.2. The molecule has 0 bridgehead atoms. The number of rotatable bonds is 5. The molecule has 1 atom stereocenters. The number of carbonyl (C=O) groups excluding carboxylic acids is 1. The summed E-state index contributed by atoms with van der Waals surface area (Å²) in [7, 11) is -2.75. The molecule has 0 unspecified atom stereocenters. The van der Waals surface area contributed by atoms with Gasteiger partial charge >= 0.3 is 6.18 Å². The van der Waals surface area contributed by atoms with Crippen LogP contribution in [0.3, 0.4) is 0 Å². The highest BCUT2D eigenvalue weighted by Crippen LogP contribution is 2.47. The second-order valence-electron chi connectivity index (χ2n) is 9.91. The van der Waals surface area contributed by atoms with E-state index in [4.69, 9.17) is 0 Å². The highest BCUT2D eigenvalue weighted by atomic mass is 32.2. The maximum atomic E-state index is 14.2. The number of sulfonamides is 1. The maximum absolute atomic E-state index is 14.2. The van der Waals surface area contributed by atoms with E-state index in [1.54, 1.807) is 10.8 Å². The molecule has 10 nitrogen and oxygen atoms in total. The average molecular weight is 588 g/mol. The lowest BCUT2D eigenvalue weighted by Gasteiger charge is -2.44. The van der Waals surface area contributed by atoms with E-state index >= 15 is 0 Å². The van der Waals surface area contributed by atoms with Gasteiger partial charge in [-0.25, -0.2) is 22.2 Å². The van der Waals surface area contributed by atoms with Gasteiger partial charge in [-0.05, 0) is 60.9 Å². The molecule has 1 aromatic carbocycles. The molecule has 212 valence electrons. The van der Waals surface area contributed by atoms with Crippen molar-refractivity contribution < 1.29 is 30.8 Å². The van der Waals surface area contributed by atoms with Crippen LogP contribution in [0.25, 0.3) is 11.8 Å². The van der Waals surface area contributed by atoms with E-state index in [0.717, 1.165) is 27.4 Å². The summed E-state index contributed by atoms with van der Waals surface area (Å²) in [4.78, 5) is 18.2. The Morgan fingerprint density at radius 3 is 2.54 bits per heavy atom. The third kappa shape index (κ3) is 4.44. The van der Waals surface area contributed by atoms with E-state index in [1.165, 1.54) is 37.5 Å². The Labute approximate surface area is 231 Å². The van der Waals surface area contributed by atoms with Crippen LogP contribution in [0.5, 0.6) is 0 Å². The summed E-state index contributed by atoms with van der Waals surface area (Å²) in [5.74, 6) is -1.17. The Hall–Kier alpha value is -4.24. The zero-order valence-electron chi connectivity index (χ0n) is 21.4. The van der Waals surface area contributed by atoms with Crippen LogP contribution in [0.1, 0.15) is 33.7 Å². The molecule has 1 aliphatic heterocycles. The van der Waals surface area contributed by atoms with Gasteiger partial charge in [-0.1, -0.05) is 10.8 Å². The number of hydrogen-bond acceptors (Lipinski definition) is 7. The largest absolute Gasteiger partial charge is 0.416 e. The number of benzene rings is 1. The molecule has 2 aliphatic rings. The number of piperidine rings is 1. The van der Waals surface area contributed by atoms with E-state index < -0.39 is 44.5 Å². The van der Waals surface area contributed by atoms with Crippen molar-refractivity contribution >= 4 is 21.9 Å². The molecule has 41 heavy (non-hydrogen) atoms. The number of ketones is 1. The van der Waals surface area contributed by atoms with Crippen molar-refractivity contribution in [3.05, 3.63) is 88.9 Å². The fourth-order valence-electron chi connectivity index (χ4n) is 5.43. The van der Waals surface area contributed by atoms with Gasteiger partial charge in [0.15, 0.2) is 10.8 Å². The van der Waals surface area contributed by atoms with Crippen molar-refractivity contribution in [3.63, 3.8) is 0 Å². The van der Waals surface area contributed by atoms with Crippen LogP contribution in [0, 0.1) is 11.2 Å². The lowest BCUT2D eigenvalue weighted by Crippen LogP contribution is -2.53. The van der Waals surface area contributed by atoms with E-state index in [0.29, 0.717) is 28.6 Å². The number of alkyl halides is 3. The van der Waals surface area contributed by atoms with Gasteiger partial charge in [0.1, 0.15) is 11.5 Å². The van der Waals surface area contributed by atoms with Gasteiger partial charge in [-0.3, -0.25) is 9.78 Å². The summed E-state index contributed by atoms with van der Waals surface area (Å²) in [5, 5.41) is 11.5. The quantitative estimate of drug-likeness (QED) is 0.259. The smallest absolute Gasteiger partial charge is 0.291 e. The Balaban J connectivity index is 1.48. The van der Waals surface area contributed by atoms with Gasteiger partial charge in [0, 0.05) is 26.3 Å². The first-order chi connectivity index (χ1) is 19.4. The molecule has 0 saturated carbocycles. The van der Waals surface area contributed by atoms with Crippen molar-refractivity contribution in [3.8, 4) is 5.69 Å². The van der Waals surface area contributed by atoms with Gasteiger partial charge < -0.3 is 0 Å². The Morgan fingerprint density at radius 1 is 1.10 bits per heavy atom. The minimum Gasteiger partial charge on any atom is -0.291 e. The van der Waals surface area contributed by atoms with Gasteiger partial charge in [-0.15, -0.1) is 5.10 Å². The van der Waals surface area contributed by atoms with Crippen LogP contribution in [-0.4, -0.2) is 61.4 Å². The van der Waals surface area contributed by atoms with Gasteiger partial charge in [0.25, 0.3) is 10.0 Å². The average Bonchev–Trinajstić information content (AvgIpc) is 3.57. The zero-order chi connectivity index (χ0) is 29.2. The Bertz CT molecular complexity index is 1810. The topological polar surface area (TPSA) is 116 Å². The fourth-order valence-corrected chi connectivity index (χ4v) is 6.97. The number of carbonyl (C=O) groups is 1. The van der Waals surface area contributed by atoms with E-state index in [9.17, 15) is 30.8 Å². The first-order valence-corrected chi connectivity index (χ1v) is 13.8. The molecule has 0 radical (unpaired) electrons. The van der Waals surface area contributed by atoms with E-state index in [1.807, 2.05) is 0 Å². The summed E-state index contributed by atoms with van der Waals surface area (Å²) in [6.07, 6.45) is 0.601.